The standard InChI is InChI=1S/C13H15ClN2S/c14-10-5-3-4-9(10)8-15-13-16-11-6-1-2-7-12(11)17-13/h1-2,6-7,9-10H,3-5,8H2,(H,15,16). The summed E-state index contributed by atoms with van der Waals surface area (Å²) in [7, 11) is 0. The topological polar surface area (TPSA) is 24.9 Å². The molecule has 3 rings (SSSR count). The molecule has 0 spiro atoms. The van der Waals surface area contributed by atoms with Gasteiger partial charge < -0.3 is 5.32 Å². The first kappa shape index (κ1) is 11.3. The molecule has 1 saturated carbocycles. The third-order valence-corrected chi connectivity index (χ3v) is 4.94. The Morgan fingerprint density at radius 1 is 1.35 bits per heavy atom. The van der Waals surface area contributed by atoms with Crippen molar-refractivity contribution in [3.05, 3.63) is 24.3 Å². The van der Waals surface area contributed by atoms with Gasteiger partial charge in [0.05, 0.1) is 10.2 Å². The van der Waals surface area contributed by atoms with Crippen LogP contribution >= 0.6 is 22.9 Å². The number of hydrogen-bond acceptors (Lipinski definition) is 3. The molecule has 1 heterocycles. The Hall–Kier alpha value is -0.800. The molecule has 1 aliphatic rings. The summed E-state index contributed by atoms with van der Waals surface area (Å²) < 4.78 is 1.24. The minimum Gasteiger partial charge on any atom is -0.361 e. The molecule has 0 amide bonds. The first-order valence-corrected chi connectivity index (χ1v) is 7.32. The van der Waals surface area contributed by atoms with Gasteiger partial charge in [0.25, 0.3) is 0 Å². The zero-order valence-corrected chi connectivity index (χ0v) is 11.1. The maximum absolute atomic E-state index is 6.27. The Morgan fingerprint density at radius 2 is 2.24 bits per heavy atom. The van der Waals surface area contributed by atoms with Crippen LogP contribution in [0.5, 0.6) is 0 Å². The van der Waals surface area contributed by atoms with Crippen LogP contribution in [0.4, 0.5) is 5.13 Å². The van der Waals surface area contributed by atoms with Crippen LogP contribution in [0.2, 0.25) is 0 Å². The van der Waals surface area contributed by atoms with Crippen molar-refractivity contribution in [3.8, 4) is 0 Å². The molecule has 2 atom stereocenters. The number of aromatic nitrogens is 1. The lowest BCUT2D eigenvalue weighted by Crippen LogP contribution is -2.18. The van der Waals surface area contributed by atoms with Crippen LogP contribution < -0.4 is 5.32 Å². The number of benzene rings is 1. The minimum atomic E-state index is 0.344. The number of halogens is 1. The average Bonchev–Trinajstić information content (AvgIpc) is 2.92. The molecule has 2 nitrogen and oxygen atoms in total. The molecule has 1 fully saturated rings. The highest BCUT2D eigenvalue weighted by atomic mass is 35.5. The van der Waals surface area contributed by atoms with E-state index in [1.54, 1.807) is 11.3 Å². The highest BCUT2D eigenvalue weighted by Gasteiger charge is 2.25. The molecule has 1 aromatic carbocycles. The minimum absolute atomic E-state index is 0.344. The number of alkyl halides is 1. The quantitative estimate of drug-likeness (QED) is 0.846. The normalized spacial score (nSPS) is 24.3. The van der Waals surface area contributed by atoms with Crippen molar-refractivity contribution in [3.63, 3.8) is 0 Å². The fourth-order valence-corrected chi connectivity index (χ4v) is 3.63. The third-order valence-electron chi connectivity index (χ3n) is 3.38. The summed E-state index contributed by atoms with van der Waals surface area (Å²) in [6.45, 7) is 0.952. The van der Waals surface area contributed by atoms with E-state index in [4.69, 9.17) is 11.6 Å². The monoisotopic (exact) mass is 266 g/mol. The van der Waals surface area contributed by atoms with E-state index in [1.165, 1.54) is 17.5 Å². The lowest BCUT2D eigenvalue weighted by Gasteiger charge is -2.13. The van der Waals surface area contributed by atoms with Gasteiger partial charge in [-0.15, -0.1) is 11.6 Å². The predicted molar refractivity (Wildman–Crippen MR) is 75.1 cm³/mol. The maximum Gasteiger partial charge on any atom is 0.183 e. The number of anilines is 1. The summed E-state index contributed by atoms with van der Waals surface area (Å²) in [6.07, 6.45) is 3.67. The largest absolute Gasteiger partial charge is 0.361 e. The van der Waals surface area contributed by atoms with Gasteiger partial charge in [-0.2, -0.15) is 0 Å². The summed E-state index contributed by atoms with van der Waals surface area (Å²) in [5.74, 6) is 0.601. The predicted octanol–water partition coefficient (Wildman–Crippen LogP) is 4.12. The fourth-order valence-electron chi connectivity index (χ4n) is 2.39. The Bertz CT molecular complexity index is 478. The van der Waals surface area contributed by atoms with Crippen molar-refractivity contribution in [2.75, 3.05) is 11.9 Å². The Balaban J connectivity index is 1.68. The van der Waals surface area contributed by atoms with Crippen LogP contribution in [-0.4, -0.2) is 16.9 Å². The van der Waals surface area contributed by atoms with E-state index in [0.717, 1.165) is 23.6 Å². The van der Waals surface area contributed by atoms with Crippen LogP contribution in [0.1, 0.15) is 19.3 Å². The number of nitrogens with one attached hydrogen (secondary N) is 1. The van der Waals surface area contributed by atoms with Gasteiger partial charge in [0.2, 0.25) is 0 Å². The van der Waals surface area contributed by atoms with E-state index in [-0.39, 0.29) is 0 Å². The zero-order valence-electron chi connectivity index (χ0n) is 9.53. The molecular formula is C13H15ClN2S. The molecule has 4 heteroatoms. The molecule has 0 saturated heterocycles. The van der Waals surface area contributed by atoms with Crippen molar-refractivity contribution in [2.24, 2.45) is 5.92 Å². The van der Waals surface area contributed by atoms with Crippen molar-refractivity contribution >= 4 is 38.3 Å². The van der Waals surface area contributed by atoms with Gasteiger partial charge >= 0.3 is 0 Å². The van der Waals surface area contributed by atoms with E-state index in [2.05, 4.69) is 28.5 Å². The van der Waals surface area contributed by atoms with Crippen molar-refractivity contribution in [2.45, 2.75) is 24.6 Å². The number of hydrogen-bond donors (Lipinski definition) is 1. The van der Waals surface area contributed by atoms with Crippen LogP contribution in [0.15, 0.2) is 24.3 Å². The molecule has 1 N–H and O–H groups in total. The SMILES string of the molecule is ClC1CCCC1CNc1nc2ccccc2s1. The summed E-state index contributed by atoms with van der Waals surface area (Å²) in [6, 6.07) is 8.24. The number of thiazole rings is 1. The Morgan fingerprint density at radius 3 is 3.00 bits per heavy atom. The molecule has 1 aliphatic carbocycles. The van der Waals surface area contributed by atoms with Gasteiger partial charge in [0.15, 0.2) is 5.13 Å². The summed E-state index contributed by atoms with van der Waals surface area (Å²) in [5.41, 5.74) is 1.08. The van der Waals surface area contributed by atoms with Gasteiger partial charge in [-0.05, 0) is 30.9 Å². The second-order valence-corrected chi connectivity index (χ2v) is 6.17. The number of nitrogens with zero attached hydrogens (tertiary/aromatic N) is 1. The van der Waals surface area contributed by atoms with Crippen LogP contribution in [0.3, 0.4) is 0 Å². The molecule has 0 aliphatic heterocycles. The number of rotatable bonds is 3. The van der Waals surface area contributed by atoms with Gasteiger partial charge in [-0.1, -0.05) is 29.9 Å². The van der Waals surface area contributed by atoms with Gasteiger partial charge in [0.1, 0.15) is 0 Å². The molecule has 2 aromatic rings. The summed E-state index contributed by atoms with van der Waals surface area (Å²) >= 11 is 7.98. The highest BCUT2D eigenvalue weighted by Crippen LogP contribution is 2.31. The lowest BCUT2D eigenvalue weighted by molar-refractivity contribution is 0.586. The summed E-state index contributed by atoms with van der Waals surface area (Å²) in [5, 5.41) is 4.79. The van der Waals surface area contributed by atoms with E-state index in [0.29, 0.717) is 11.3 Å². The second-order valence-electron chi connectivity index (χ2n) is 4.57. The maximum atomic E-state index is 6.27. The van der Waals surface area contributed by atoms with E-state index in [1.807, 2.05) is 6.07 Å². The first-order chi connectivity index (χ1) is 8.33. The smallest absolute Gasteiger partial charge is 0.183 e. The molecule has 2 unspecified atom stereocenters. The van der Waals surface area contributed by atoms with Crippen LogP contribution in [-0.2, 0) is 0 Å². The third kappa shape index (κ3) is 2.40. The number of para-hydroxylation sites is 1. The molecule has 1 aromatic heterocycles. The van der Waals surface area contributed by atoms with E-state index >= 15 is 0 Å². The lowest BCUT2D eigenvalue weighted by atomic mass is 10.1. The van der Waals surface area contributed by atoms with E-state index < -0.39 is 0 Å². The number of fused-ring (bicyclic) bond motifs is 1. The van der Waals surface area contributed by atoms with Gasteiger partial charge in [-0.25, -0.2) is 4.98 Å². The van der Waals surface area contributed by atoms with Crippen molar-refractivity contribution in [1.82, 2.24) is 4.98 Å². The first-order valence-electron chi connectivity index (χ1n) is 6.06. The van der Waals surface area contributed by atoms with Crippen molar-refractivity contribution in [1.29, 1.82) is 0 Å². The molecular weight excluding hydrogens is 252 g/mol. The zero-order chi connectivity index (χ0) is 11.7. The molecule has 0 bridgehead atoms. The molecule has 0 radical (unpaired) electrons. The van der Waals surface area contributed by atoms with Gasteiger partial charge in [-0.3, -0.25) is 0 Å². The van der Waals surface area contributed by atoms with E-state index in [9.17, 15) is 0 Å². The Kier molecular flexibility index (Phi) is 3.21. The second kappa shape index (κ2) is 4.83. The summed E-state index contributed by atoms with van der Waals surface area (Å²) in [4.78, 5) is 4.56. The van der Waals surface area contributed by atoms with Crippen LogP contribution in [0.25, 0.3) is 10.2 Å². The van der Waals surface area contributed by atoms with Crippen LogP contribution in [0, 0.1) is 5.92 Å². The Labute approximate surface area is 110 Å². The van der Waals surface area contributed by atoms with Gasteiger partial charge in [0, 0.05) is 11.9 Å². The molecule has 90 valence electrons. The van der Waals surface area contributed by atoms with Crippen molar-refractivity contribution < 1.29 is 0 Å². The molecule has 17 heavy (non-hydrogen) atoms. The average molecular weight is 267 g/mol. The fraction of sp³-hybridized carbons (Fsp3) is 0.462. The highest BCUT2D eigenvalue weighted by molar-refractivity contribution is 7.22.